The van der Waals surface area contributed by atoms with Gasteiger partial charge in [-0.3, -0.25) is 0 Å². The summed E-state index contributed by atoms with van der Waals surface area (Å²) in [6.45, 7) is 6.66. The van der Waals surface area contributed by atoms with Crippen molar-refractivity contribution in [3.05, 3.63) is 0 Å². The summed E-state index contributed by atoms with van der Waals surface area (Å²) in [6.07, 6.45) is 7.27. The van der Waals surface area contributed by atoms with Crippen molar-refractivity contribution < 1.29 is 8.42 Å². The van der Waals surface area contributed by atoms with Crippen LogP contribution < -0.4 is 0 Å². The van der Waals surface area contributed by atoms with E-state index in [0.717, 1.165) is 0 Å². The first-order valence-corrected chi connectivity index (χ1v) is 17.9. The van der Waals surface area contributed by atoms with Crippen molar-refractivity contribution in [3.63, 3.8) is 0 Å². The zero-order chi connectivity index (χ0) is 15.6. The van der Waals surface area contributed by atoms with E-state index in [-0.39, 0.29) is 0 Å². The van der Waals surface area contributed by atoms with Crippen molar-refractivity contribution >= 4 is 28.4 Å². The Bertz CT molecular complexity index is 320. The van der Waals surface area contributed by atoms with E-state index in [1.807, 2.05) is 0 Å². The molecule has 3 nitrogen and oxygen atoms in total. The average Bonchev–Trinajstić information content (AvgIpc) is 2.40. The summed E-state index contributed by atoms with van der Waals surface area (Å²) >= 11 is -2.55. The molecule has 0 aromatic heterocycles. The molecule has 0 atom stereocenters. The first kappa shape index (κ1) is 20.7. The zero-order valence-electron chi connectivity index (χ0n) is 14.2. The summed E-state index contributed by atoms with van der Waals surface area (Å²) in [6, 6.07) is 0. The van der Waals surface area contributed by atoms with Crippen molar-refractivity contribution in [2.75, 3.05) is 17.9 Å². The van der Waals surface area contributed by atoms with Crippen LogP contribution in [0.3, 0.4) is 0 Å². The average molecular weight is 412 g/mol. The van der Waals surface area contributed by atoms with Gasteiger partial charge in [0.15, 0.2) is 0 Å². The van der Waals surface area contributed by atoms with Crippen molar-refractivity contribution in [1.82, 2.24) is 4.31 Å². The van der Waals surface area contributed by atoms with Gasteiger partial charge in [0.25, 0.3) is 0 Å². The van der Waals surface area contributed by atoms with Gasteiger partial charge < -0.3 is 0 Å². The molecule has 0 saturated carbocycles. The summed E-state index contributed by atoms with van der Waals surface area (Å²) in [4.78, 5) is 0. The molecule has 5 heteroatoms. The zero-order valence-corrected chi connectivity index (χ0v) is 17.9. The van der Waals surface area contributed by atoms with Crippen LogP contribution in [-0.4, -0.2) is 49.0 Å². The SMILES string of the molecule is CCC[CH2][Sn]([CH2]CCC)([CH2]CCC)[CH2]S(=O)(=O)N(C)C. The van der Waals surface area contributed by atoms with Crippen LogP contribution in [0.4, 0.5) is 0 Å². The first-order valence-electron chi connectivity index (χ1n) is 8.23. The van der Waals surface area contributed by atoms with Gasteiger partial charge in [-0.25, -0.2) is 0 Å². The number of rotatable bonds is 12. The molecular weight excluding hydrogens is 377 g/mol. The molecule has 0 unspecified atom stereocenters. The van der Waals surface area contributed by atoms with E-state index in [2.05, 4.69) is 20.8 Å². The van der Waals surface area contributed by atoms with Gasteiger partial charge in [0, 0.05) is 0 Å². The van der Waals surface area contributed by atoms with Crippen LogP contribution >= 0.6 is 0 Å². The predicted octanol–water partition coefficient (Wildman–Crippen LogP) is 4.27. The maximum atomic E-state index is 12.4. The molecule has 0 radical (unpaired) electrons. The third-order valence-electron chi connectivity index (χ3n) is 4.23. The Kier molecular flexibility index (Phi) is 10.8. The van der Waals surface area contributed by atoms with Gasteiger partial charge in [0.2, 0.25) is 0 Å². The quantitative estimate of drug-likeness (QED) is 0.449. The van der Waals surface area contributed by atoms with Crippen LogP contribution in [0.2, 0.25) is 13.3 Å². The minimum atomic E-state index is -3.02. The topological polar surface area (TPSA) is 37.4 Å². The van der Waals surface area contributed by atoms with E-state index in [9.17, 15) is 8.42 Å². The Morgan fingerprint density at radius 1 is 0.800 bits per heavy atom. The van der Waals surface area contributed by atoms with E-state index in [4.69, 9.17) is 0 Å². The van der Waals surface area contributed by atoms with Gasteiger partial charge in [0.1, 0.15) is 0 Å². The molecule has 0 aliphatic carbocycles. The van der Waals surface area contributed by atoms with Crippen molar-refractivity contribution in [3.8, 4) is 0 Å². The van der Waals surface area contributed by atoms with Crippen LogP contribution in [0.25, 0.3) is 0 Å². The van der Waals surface area contributed by atoms with Gasteiger partial charge in [-0.15, -0.1) is 0 Å². The number of sulfonamides is 1. The Morgan fingerprint density at radius 2 is 1.15 bits per heavy atom. The third-order valence-corrected chi connectivity index (χ3v) is 26.8. The molecule has 0 aliphatic heterocycles. The maximum absolute atomic E-state index is 12.4. The summed E-state index contributed by atoms with van der Waals surface area (Å²) in [5.74, 6) is 0. The second-order valence-electron chi connectivity index (χ2n) is 6.35. The molecule has 0 heterocycles. The normalized spacial score (nSPS) is 13.1. The first-order chi connectivity index (χ1) is 9.33. The van der Waals surface area contributed by atoms with Crippen molar-refractivity contribution in [1.29, 1.82) is 0 Å². The fourth-order valence-corrected chi connectivity index (χ4v) is 28.4. The molecule has 20 heavy (non-hydrogen) atoms. The monoisotopic (exact) mass is 413 g/mol. The van der Waals surface area contributed by atoms with Gasteiger partial charge in [-0.2, -0.15) is 0 Å². The van der Waals surface area contributed by atoms with E-state index in [1.165, 1.54) is 56.1 Å². The Labute approximate surface area is 131 Å². The van der Waals surface area contributed by atoms with Crippen LogP contribution in [0.1, 0.15) is 59.3 Å². The molecule has 0 saturated heterocycles. The van der Waals surface area contributed by atoms with Crippen LogP contribution in [0, 0.1) is 0 Å². The molecule has 0 aromatic rings. The summed E-state index contributed by atoms with van der Waals surface area (Å²) in [5, 5.41) is 0. The van der Waals surface area contributed by atoms with E-state index >= 15 is 0 Å². The predicted molar refractivity (Wildman–Crippen MR) is 92.4 cm³/mol. The molecule has 0 N–H and O–H groups in total. The van der Waals surface area contributed by atoms with Gasteiger partial charge >= 0.3 is 132 Å². The minimum absolute atomic E-state index is 0.536. The molecule has 122 valence electrons. The molecule has 0 rings (SSSR count). The molecule has 0 aliphatic rings. The van der Waals surface area contributed by atoms with E-state index in [1.54, 1.807) is 14.1 Å². The summed E-state index contributed by atoms with van der Waals surface area (Å²) < 4.78 is 30.6. The Balaban J connectivity index is 5.12. The number of nitrogens with zero attached hydrogens (tertiary/aromatic N) is 1. The number of unbranched alkanes of at least 4 members (excludes halogenated alkanes) is 3. The second-order valence-corrected chi connectivity index (χ2v) is 23.8. The number of hydrogen-bond donors (Lipinski definition) is 0. The van der Waals surface area contributed by atoms with E-state index < -0.39 is 28.4 Å². The fraction of sp³-hybridized carbons (Fsp3) is 1.00. The molecule has 0 spiro atoms. The molecular formula is C15H35NO2SSn. The van der Waals surface area contributed by atoms with Gasteiger partial charge in [-0.1, -0.05) is 0 Å². The number of hydrogen-bond acceptors (Lipinski definition) is 2. The Hall–Kier alpha value is 0.709. The van der Waals surface area contributed by atoms with E-state index in [0.29, 0.717) is 3.77 Å². The molecule has 0 fully saturated rings. The molecule has 0 aromatic carbocycles. The Morgan fingerprint density at radius 3 is 1.40 bits per heavy atom. The molecule has 0 bridgehead atoms. The standard InChI is InChI=1S/3C4H9.C3H8NO2S.Sn/c3*1-3-4-2;1-4(2)7(3,5)6;/h3*1,3-4H2,2H3;3H2,1-2H3;. The van der Waals surface area contributed by atoms with Crippen molar-refractivity contribution in [2.24, 2.45) is 0 Å². The molecule has 0 amide bonds. The van der Waals surface area contributed by atoms with Gasteiger partial charge in [-0.05, 0) is 0 Å². The van der Waals surface area contributed by atoms with Gasteiger partial charge in [0.05, 0.1) is 0 Å². The van der Waals surface area contributed by atoms with Crippen molar-refractivity contribution in [2.45, 2.75) is 72.6 Å². The summed E-state index contributed by atoms with van der Waals surface area (Å²) in [7, 11) is 0.351. The second kappa shape index (κ2) is 10.4. The van der Waals surface area contributed by atoms with Crippen LogP contribution in [0.15, 0.2) is 0 Å². The van der Waals surface area contributed by atoms with Crippen LogP contribution in [0.5, 0.6) is 0 Å². The fourth-order valence-electron chi connectivity index (χ4n) is 2.76. The van der Waals surface area contributed by atoms with Crippen LogP contribution in [-0.2, 0) is 10.0 Å². The summed E-state index contributed by atoms with van der Waals surface area (Å²) in [5.41, 5.74) is 0. The third kappa shape index (κ3) is 7.64.